The van der Waals surface area contributed by atoms with Gasteiger partial charge in [0, 0.05) is 12.8 Å². The first kappa shape index (κ1) is 94.3. The van der Waals surface area contributed by atoms with E-state index < -0.39 is 12.1 Å². The van der Waals surface area contributed by atoms with Crippen molar-refractivity contribution < 1.29 is 24.5 Å². The van der Waals surface area contributed by atoms with E-state index in [9.17, 15) is 19.8 Å². The van der Waals surface area contributed by atoms with E-state index in [0.29, 0.717) is 19.4 Å². The first-order valence-corrected chi connectivity index (χ1v) is 44.6. The van der Waals surface area contributed by atoms with E-state index in [2.05, 4.69) is 31.3 Å². The van der Waals surface area contributed by atoms with Gasteiger partial charge in [-0.2, -0.15) is 0 Å². The van der Waals surface area contributed by atoms with E-state index >= 15 is 0 Å². The number of esters is 1. The van der Waals surface area contributed by atoms with Gasteiger partial charge in [-0.25, -0.2) is 0 Å². The summed E-state index contributed by atoms with van der Waals surface area (Å²) in [6.45, 7) is 4.98. The molecule has 0 aliphatic carbocycles. The Kier molecular flexibility index (Phi) is 84.3. The average molecular weight is 1350 g/mol. The van der Waals surface area contributed by atoms with Crippen LogP contribution in [0.15, 0.2) is 24.3 Å². The molecule has 2 unspecified atom stereocenters. The zero-order chi connectivity index (χ0) is 69.1. The number of unbranched alkanes of at least 4 members (excludes halogenated alkanes) is 72. The Morgan fingerprint density at radius 3 is 0.740 bits per heavy atom. The molecule has 6 heteroatoms. The fourth-order valence-corrected chi connectivity index (χ4v) is 14.5. The number of hydrogen-bond donors (Lipinski definition) is 3. The zero-order valence-electron chi connectivity index (χ0n) is 65.7. The summed E-state index contributed by atoms with van der Waals surface area (Å²) < 4.78 is 5.53. The monoisotopic (exact) mass is 1350 g/mol. The summed E-state index contributed by atoms with van der Waals surface area (Å²) in [6.07, 6.45) is 112. The Morgan fingerprint density at radius 1 is 0.281 bits per heavy atom. The van der Waals surface area contributed by atoms with E-state index in [0.717, 1.165) is 38.5 Å². The quantitative estimate of drug-likeness (QED) is 0.0320. The molecule has 0 rings (SSSR count). The minimum atomic E-state index is -0.842. The van der Waals surface area contributed by atoms with E-state index in [4.69, 9.17) is 4.74 Å². The number of hydrogen-bond acceptors (Lipinski definition) is 5. The van der Waals surface area contributed by atoms with Crippen molar-refractivity contribution in [1.82, 2.24) is 5.32 Å². The molecule has 0 bridgehead atoms. The van der Waals surface area contributed by atoms with Gasteiger partial charge < -0.3 is 20.3 Å². The minimum Gasteiger partial charge on any atom is -0.466 e. The van der Waals surface area contributed by atoms with Crippen LogP contribution in [-0.2, 0) is 14.3 Å². The number of aliphatic hydroxyl groups excluding tert-OH is 2. The molecule has 3 N–H and O–H groups in total. The van der Waals surface area contributed by atoms with E-state index in [1.807, 2.05) is 6.08 Å². The summed E-state index contributed by atoms with van der Waals surface area (Å²) in [5, 5.41) is 23.3. The van der Waals surface area contributed by atoms with Crippen LogP contribution >= 0.6 is 0 Å². The lowest BCUT2D eigenvalue weighted by molar-refractivity contribution is -0.143. The van der Waals surface area contributed by atoms with Gasteiger partial charge >= 0.3 is 5.97 Å². The second-order valence-corrected chi connectivity index (χ2v) is 30.9. The number of aliphatic hydroxyl groups is 2. The highest BCUT2D eigenvalue weighted by Crippen LogP contribution is 2.21. The summed E-state index contributed by atoms with van der Waals surface area (Å²) >= 11 is 0. The topological polar surface area (TPSA) is 95.9 Å². The van der Waals surface area contributed by atoms with Crippen LogP contribution in [-0.4, -0.2) is 47.4 Å². The Morgan fingerprint density at radius 2 is 0.490 bits per heavy atom. The van der Waals surface area contributed by atoms with Gasteiger partial charge in [0.05, 0.1) is 25.4 Å². The highest BCUT2D eigenvalue weighted by molar-refractivity contribution is 5.76. The lowest BCUT2D eigenvalue weighted by Crippen LogP contribution is -2.45. The maximum absolute atomic E-state index is 12.6. The smallest absolute Gasteiger partial charge is 0.305 e. The maximum atomic E-state index is 12.6. The summed E-state index contributed by atoms with van der Waals surface area (Å²) in [5.41, 5.74) is 0. The largest absolute Gasteiger partial charge is 0.466 e. The second kappa shape index (κ2) is 85.8. The molecule has 0 aromatic rings. The number of nitrogens with one attached hydrogen (secondary N) is 1. The summed E-state index contributed by atoms with van der Waals surface area (Å²) in [7, 11) is 0. The number of allylic oxidation sites excluding steroid dienone is 3. The predicted octanol–water partition coefficient (Wildman–Crippen LogP) is 29.9. The highest BCUT2D eigenvalue weighted by Gasteiger charge is 2.18. The third kappa shape index (κ3) is 81.3. The van der Waals surface area contributed by atoms with Gasteiger partial charge in [0.2, 0.25) is 5.91 Å². The lowest BCUT2D eigenvalue weighted by Gasteiger charge is -2.20. The van der Waals surface area contributed by atoms with Crippen LogP contribution in [0.4, 0.5) is 0 Å². The van der Waals surface area contributed by atoms with Crippen LogP contribution in [0.3, 0.4) is 0 Å². The fraction of sp³-hybridized carbons (Fsp3) is 0.933. The molecule has 0 heterocycles. The van der Waals surface area contributed by atoms with Gasteiger partial charge in [-0.1, -0.05) is 468 Å². The number of amides is 1. The third-order valence-corrected chi connectivity index (χ3v) is 21.2. The van der Waals surface area contributed by atoms with Gasteiger partial charge in [0.25, 0.3) is 0 Å². The molecular formula is C90H175NO5. The molecular weight excluding hydrogens is 1170 g/mol. The fourth-order valence-electron chi connectivity index (χ4n) is 14.5. The molecule has 0 saturated heterocycles. The molecule has 570 valence electrons. The van der Waals surface area contributed by atoms with Gasteiger partial charge in [0.15, 0.2) is 0 Å². The maximum Gasteiger partial charge on any atom is 0.305 e. The summed E-state index contributed by atoms with van der Waals surface area (Å²) in [5.74, 6) is -0.0298. The third-order valence-electron chi connectivity index (χ3n) is 21.2. The van der Waals surface area contributed by atoms with Gasteiger partial charge in [-0.3, -0.25) is 9.59 Å². The Hall–Kier alpha value is -1.66. The van der Waals surface area contributed by atoms with Crippen molar-refractivity contribution in [3.05, 3.63) is 24.3 Å². The first-order valence-electron chi connectivity index (χ1n) is 44.6. The van der Waals surface area contributed by atoms with E-state index in [1.165, 1.54) is 449 Å². The van der Waals surface area contributed by atoms with Crippen LogP contribution < -0.4 is 5.32 Å². The molecule has 0 aliphatic rings. The van der Waals surface area contributed by atoms with Crippen LogP contribution in [0.1, 0.15) is 515 Å². The predicted molar refractivity (Wildman–Crippen MR) is 426 cm³/mol. The molecule has 2 atom stereocenters. The van der Waals surface area contributed by atoms with Crippen molar-refractivity contribution in [2.24, 2.45) is 0 Å². The molecule has 0 aromatic carbocycles. The first-order chi connectivity index (χ1) is 47.5. The summed E-state index contributed by atoms with van der Waals surface area (Å²) in [4.78, 5) is 24.7. The Bertz CT molecular complexity index is 1510. The highest BCUT2D eigenvalue weighted by atomic mass is 16.5. The number of carbonyl (C=O) groups excluding carboxylic acids is 2. The van der Waals surface area contributed by atoms with Crippen LogP contribution in [0.5, 0.6) is 0 Å². The molecule has 96 heavy (non-hydrogen) atoms. The second-order valence-electron chi connectivity index (χ2n) is 30.9. The molecule has 0 radical (unpaired) electrons. The van der Waals surface area contributed by atoms with Crippen molar-refractivity contribution >= 4 is 11.9 Å². The van der Waals surface area contributed by atoms with Crippen molar-refractivity contribution in [2.45, 2.75) is 527 Å². The molecule has 0 spiro atoms. The molecule has 6 nitrogen and oxygen atoms in total. The molecule has 0 fully saturated rings. The number of ether oxygens (including phenoxy) is 1. The van der Waals surface area contributed by atoms with Crippen LogP contribution in [0.25, 0.3) is 0 Å². The van der Waals surface area contributed by atoms with Gasteiger partial charge in [-0.15, -0.1) is 0 Å². The Labute approximate surface area is 602 Å². The zero-order valence-corrected chi connectivity index (χ0v) is 65.7. The molecule has 0 aliphatic heterocycles. The van der Waals surface area contributed by atoms with E-state index in [-0.39, 0.29) is 18.5 Å². The summed E-state index contributed by atoms with van der Waals surface area (Å²) in [6, 6.07) is -0.626. The van der Waals surface area contributed by atoms with E-state index in [1.54, 1.807) is 6.08 Å². The van der Waals surface area contributed by atoms with Crippen molar-refractivity contribution in [3.63, 3.8) is 0 Å². The average Bonchev–Trinajstić information content (AvgIpc) is 3.72. The van der Waals surface area contributed by atoms with Gasteiger partial charge in [-0.05, 0) is 57.8 Å². The van der Waals surface area contributed by atoms with Crippen LogP contribution in [0, 0.1) is 0 Å². The SMILES string of the molecule is CCCCCCCCCCCCCCCCCCCCC/C=C/C(O)C(CO)NC(=O)CCCCCCCCCCCCCCCCCCC/C=C\CCCCCCCCCCCCCCCCCCCCOC(=O)CCCCCCCCCCCCCCCCCCCCC. The lowest BCUT2D eigenvalue weighted by atomic mass is 10.0. The normalized spacial score (nSPS) is 12.5. The minimum absolute atomic E-state index is 0.0284. The van der Waals surface area contributed by atoms with Crippen molar-refractivity contribution in [2.75, 3.05) is 13.2 Å². The van der Waals surface area contributed by atoms with Crippen LogP contribution in [0.2, 0.25) is 0 Å². The van der Waals surface area contributed by atoms with Crippen molar-refractivity contribution in [1.29, 1.82) is 0 Å². The number of rotatable bonds is 85. The molecule has 0 aromatic heterocycles. The molecule has 1 amide bonds. The van der Waals surface area contributed by atoms with Gasteiger partial charge in [0.1, 0.15) is 0 Å². The molecule has 0 saturated carbocycles. The number of carbonyl (C=O) groups is 2. The van der Waals surface area contributed by atoms with Crippen molar-refractivity contribution in [3.8, 4) is 0 Å². The standard InChI is InChI=1S/C90H175NO5/c1-3-5-7-9-11-13-15-17-19-21-23-43-47-50-54-58-62-66-70-74-78-82-88(93)87(86-92)91-89(94)83-79-75-71-67-63-59-55-51-48-44-41-39-37-35-33-31-29-27-25-24-26-28-30-32-34-36-38-40-42-45-49-53-57-61-65-69-73-77-81-85-96-90(95)84-80-76-72-68-64-60-56-52-46-22-20-18-16-14-12-10-8-6-4-2/h24-25,78,82,87-88,92-93H,3-23,26-77,79-81,83-86H2,1-2H3,(H,91,94)/b25-24-,82-78+. The Balaban J connectivity index is 3.33.